The fourth-order valence-electron chi connectivity index (χ4n) is 3.69. The quantitative estimate of drug-likeness (QED) is 0.507. The summed E-state index contributed by atoms with van der Waals surface area (Å²) in [5.74, 6) is -0.702. The molecule has 0 saturated carbocycles. The van der Waals surface area contributed by atoms with Crippen molar-refractivity contribution < 1.29 is 9.59 Å². The van der Waals surface area contributed by atoms with E-state index in [1.54, 1.807) is 23.1 Å². The van der Waals surface area contributed by atoms with E-state index in [1.165, 1.54) is 0 Å². The van der Waals surface area contributed by atoms with Crippen molar-refractivity contribution in [1.82, 2.24) is 5.32 Å². The van der Waals surface area contributed by atoms with E-state index in [-0.39, 0.29) is 11.9 Å². The highest BCUT2D eigenvalue weighted by Gasteiger charge is 2.34. The molecular weight excluding hydrogens is 490 g/mol. The standard InChI is InChI=1S/C25H21BrClN3O2/c1-15(2)30-21-11-7-6-10-18(21)22(16-8-4-3-5-9-16)28-23(25(30)32)29-24(31)17-12-13-20(27)19(26)14-17/h3-15,23H,1-2H3,(H,29,31)/t23-/m0/s1. The second-order valence-electron chi connectivity index (χ2n) is 7.67. The highest BCUT2D eigenvalue weighted by Crippen LogP contribution is 2.30. The van der Waals surface area contributed by atoms with Crippen molar-refractivity contribution in [1.29, 1.82) is 0 Å². The number of carbonyl (C=O) groups excluding carboxylic acids is 2. The van der Waals surface area contributed by atoms with Crippen molar-refractivity contribution in [2.24, 2.45) is 4.99 Å². The lowest BCUT2D eigenvalue weighted by Crippen LogP contribution is -2.49. The molecular formula is C25H21BrClN3O2. The molecule has 0 fully saturated rings. The Morgan fingerprint density at radius 3 is 2.44 bits per heavy atom. The zero-order chi connectivity index (χ0) is 22.8. The van der Waals surface area contributed by atoms with Crippen molar-refractivity contribution in [3.05, 3.63) is 99.0 Å². The van der Waals surface area contributed by atoms with E-state index in [4.69, 9.17) is 16.6 Å². The molecule has 1 aliphatic rings. The number of halogens is 2. The maximum absolute atomic E-state index is 13.6. The van der Waals surface area contributed by atoms with Crippen LogP contribution in [0, 0.1) is 0 Å². The zero-order valence-corrected chi connectivity index (χ0v) is 19.9. The monoisotopic (exact) mass is 509 g/mol. The Balaban J connectivity index is 1.81. The Kier molecular flexibility index (Phi) is 6.44. The SMILES string of the molecule is CC(C)N1C(=O)[C@H](NC(=O)c2ccc(Cl)c(Br)c2)N=C(c2ccccc2)c2ccccc21. The van der Waals surface area contributed by atoms with Gasteiger partial charge in [-0.15, -0.1) is 0 Å². The van der Waals surface area contributed by atoms with Gasteiger partial charge in [0.25, 0.3) is 11.8 Å². The molecule has 162 valence electrons. The van der Waals surface area contributed by atoms with E-state index in [9.17, 15) is 9.59 Å². The summed E-state index contributed by atoms with van der Waals surface area (Å²) in [5.41, 5.74) is 3.50. The minimum atomic E-state index is -1.08. The van der Waals surface area contributed by atoms with Crippen molar-refractivity contribution >= 4 is 50.7 Å². The fraction of sp³-hybridized carbons (Fsp3) is 0.160. The van der Waals surface area contributed by atoms with E-state index in [2.05, 4.69) is 21.2 Å². The number of para-hydroxylation sites is 1. The first kappa shape index (κ1) is 22.2. The topological polar surface area (TPSA) is 61.8 Å². The molecule has 5 nitrogen and oxygen atoms in total. The van der Waals surface area contributed by atoms with Gasteiger partial charge in [0.05, 0.1) is 16.4 Å². The van der Waals surface area contributed by atoms with Crippen LogP contribution in [0.25, 0.3) is 0 Å². The predicted molar refractivity (Wildman–Crippen MR) is 132 cm³/mol. The van der Waals surface area contributed by atoms with Gasteiger partial charge in [-0.3, -0.25) is 9.59 Å². The Morgan fingerprint density at radius 1 is 1.06 bits per heavy atom. The number of hydrogen-bond donors (Lipinski definition) is 1. The number of anilines is 1. The summed E-state index contributed by atoms with van der Waals surface area (Å²) in [7, 11) is 0. The lowest BCUT2D eigenvalue weighted by molar-refractivity contribution is -0.120. The molecule has 0 saturated heterocycles. The van der Waals surface area contributed by atoms with Crippen LogP contribution < -0.4 is 10.2 Å². The first-order valence-electron chi connectivity index (χ1n) is 10.2. The third kappa shape index (κ3) is 4.33. The predicted octanol–water partition coefficient (Wildman–Crippen LogP) is 5.45. The minimum absolute atomic E-state index is 0.127. The normalized spacial score (nSPS) is 15.8. The van der Waals surface area contributed by atoms with Gasteiger partial charge in [0.1, 0.15) is 0 Å². The minimum Gasteiger partial charge on any atom is -0.322 e. The molecule has 0 spiro atoms. The summed E-state index contributed by atoms with van der Waals surface area (Å²) in [5, 5.41) is 3.31. The first-order valence-corrected chi connectivity index (χ1v) is 11.4. The third-order valence-corrected chi connectivity index (χ3v) is 6.38. The summed E-state index contributed by atoms with van der Waals surface area (Å²) in [4.78, 5) is 33.1. The molecule has 7 heteroatoms. The maximum atomic E-state index is 13.6. The molecule has 2 amide bonds. The van der Waals surface area contributed by atoms with Crippen LogP contribution in [-0.4, -0.2) is 29.7 Å². The number of rotatable bonds is 4. The number of amides is 2. The molecule has 3 aromatic rings. The molecule has 0 radical (unpaired) electrons. The Hall–Kier alpha value is -2.96. The number of fused-ring (bicyclic) bond motifs is 1. The highest BCUT2D eigenvalue weighted by atomic mass is 79.9. The largest absolute Gasteiger partial charge is 0.322 e. The van der Waals surface area contributed by atoms with Crippen LogP contribution in [0.3, 0.4) is 0 Å². The molecule has 32 heavy (non-hydrogen) atoms. The van der Waals surface area contributed by atoms with Crippen LogP contribution in [0.1, 0.15) is 35.3 Å². The van der Waals surface area contributed by atoms with Crippen LogP contribution in [0.15, 0.2) is 82.3 Å². The van der Waals surface area contributed by atoms with Crippen LogP contribution in [0.5, 0.6) is 0 Å². The molecule has 1 aliphatic heterocycles. The molecule has 0 bridgehead atoms. The number of nitrogens with zero attached hydrogens (tertiary/aromatic N) is 2. The maximum Gasteiger partial charge on any atom is 0.272 e. The molecule has 0 aliphatic carbocycles. The second kappa shape index (κ2) is 9.27. The van der Waals surface area contributed by atoms with Crippen molar-refractivity contribution in [3.8, 4) is 0 Å². The molecule has 1 atom stereocenters. The van der Waals surface area contributed by atoms with Crippen molar-refractivity contribution in [2.45, 2.75) is 26.1 Å². The number of benzodiazepines with no additional fused rings is 1. The van der Waals surface area contributed by atoms with Gasteiger partial charge in [-0.2, -0.15) is 0 Å². The number of benzene rings is 3. The number of carbonyl (C=O) groups is 2. The van der Waals surface area contributed by atoms with Gasteiger partial charge in [0.2, 0.25) is 6.17 Å². The number of aliphatic imine (C=N–C) groups is 1. The second-order valence-corrected chi connectivity index (χ2v) is 8.93. The van der Waals surface area contributed by atoms with Gasteiger partial charge in [0, 0.05) is 27.2 Å². The number of nitrogens with one attached hydrogen (secondary N) is 1. The van der Waals surface area contributed by atoms with E-state index in [0.717, 1.165) is 16.8 Å². The van der Waals surface area contributed by atoms with Crippen LogP contribution >= 0.6 is 27.5 Å². The average molecular weight is 511 g/mol. The van der Waals surface area contributed by atoms with Crippen LogP contribution in [0.4, 0.5) is 5.69 Å². The average Bonchev–Trinajstić information content (AvgIpc) is 2.90. The summed E-state index contributed by atoms with van der Waals surface area (Å²) < 4.78 is 0.601. The van der Waals surface area contributed by atoms with Gasteiger partial charge < -0.3 is 10.2 Å². The van der Waals surface area contributed by atoms with E-state index in [1.807, 2.05) is 68.4 Å². The smallest absolute Gasteiger partial charge is 0.272 e. The van der Waals surface area contributed by atoms with Gasteiger partial charge in [-0.05, 0) is 54.0 Å². The lowest BCUT2D eigenvalue weighted by atomic mass is 10.00. The summed E-state index contributed by atoms with van der Waals surface area (Å²) >= 11 is 9.39. The van der Waals surface area contributed by atoms with Gasteiger partial charge in [-0.1, -0.05) is 60.1 Å². The molecule has 0 aromatic heterocycles. The summed E-state index contributed by atoms with van der Waals surface area (Å²) in [6.07, 6.45) is -1.08. The molecule has 4 rings (SSSR count). The van der Waals surface area contributed by atoms with E-state index < -0.39 is 12.1 Å². The van der Waals surface area contributed by atoms with Crippen LogP contribution in [-0.2, 0) is 4.79 Å². The highest BCUT2D eigenvalue weighted by molar-refractivity contribution is 9.10. The first-order chi connectivity index (χ1) is 15.4. The van der Waals surface area contributed by atoms with E-state index >= 15 is 0 Å². The Morgan fingerprint density at radius 2 is 1.75 bits per heavy atom. The Labute approximate surface area is 200 Å². The lowest BCUT2D eigenvalue weighted by Gasteiger charge is -2.29. The summed E-state index contributed by atoms with van der Waals surface area (Å²) in [6, 6.07) is 22.1. The van der Waals surface area contributed by atoms with Crippen LogP contribution in [0.2, 0.25) is 5.02 Å². The molecule has 1 heterocycles. The van der Waals surface area contributed by atoms with Crippen molar-refractivity contribution in [3.63, 3.8) is 0 Å². The van der Waals surface area contributed by atoms with Gasteiger partial charge in [-0.25, -0.2) is 4.99 Å². The third-order valence-electron chi connectivity index (χ3n) is 5.16. The number of hydrogen-bond acceptors (Lipinski definition) is 3. The van der Waals surface area contributed by atoms with E-state index in [0.29, 0.717) is 20.8 Å². The summed E-state index contributed by atoms with van der Waals surface area (Å²) in [6.45, 7) is 3.88. The molecule has 0 unspecified atom stereocenters. The van der Waals surface area contributed by atoms with Gasteiger partial charge >= 0.3 is 0 Å². The zero-order valence-electron chi connectivity index (χ0n) is 17.5. The van der Waals surface area contributed by atoms with Crippen molar-refractivity contribution in [2.75, 3.05) is 4.90 Å². The molecule has 3 aromatic carbocycles. The van der Waals surface area contributed by atoms with Gasteiger partial charge in [0.15, 0.2) is 0 Å². The fourth-order valence-corrected chi connectivity index (χ4v) is 4.18. The Bertz CT molecular complexity index is 1210. The molecule has 1 N–H and O–H groups in total.